The van der Waals surface area contributed by atoms with Gasteiger partial charge in [0.05, 0.1) is 0 Å². The van der Waals surface area contributed by atoms with Crippen molar-refractivity contribution in [3.63, 3.8) is 0 Å². The summed E-state index contributed by atoms with van der Waals surface area (Å²) in [5.74, 6) is 0.877. The first-order chi connectivity index (χ1) is 5.83. The molecule has 1 aliphatic heterocycles. The molecular weight excluding hydrogens is 150 g/mol. The second-order valence-corrected chi connectivity index (χ2v) is 3.97. The van der Waals surface area contributed by atoms with E-state index < -0.39 is 0 Å². The lowest BCUT2D eigenvalue weighted by Gasteiger charge is -2.13. The highest BCUT2D eigenvalue weighted by Crippen LogP contribution is 2.20. The average molecular weight is 171 g/mol. The van der Waals surface area contributed by atoms with Crippen molar-refractivity contribution < 1.29 is 5.11 Å². The molecule has 2 nitrogen and oxygen atoms in total. The first-order valence-electron chi connectivity index (χ1n) is 5.12. The second kappa shape index (κ2) is 5.55. The fraction of sp³-hybridized carbons (Fsp3) is 1.00. The molecule has 1 aliphatic rings. The second-order valence-electron chi connectivity index (χ2n) is 3.97. The number of hydrogen-bond acceptors (Lipinski definition) is 2. The van der Waals surface area contributed by atoms with Gasteiger partial charge in [0.25, 0.3) is 0 Å². The smallest absolute Gasteiger partial charge is 0.0431 e. The third-order valence-electron chi connectivity index (χ3n) is 2.84. The lowest BCUT2D eigenvalue weighted by Crippen LogP contribution is -2.18. The topological polar surface area (TPSA) is 23.5 Å². The molecule has 0 aromatic heterocycles. The van der Waals surface area contributed by atoms with E-state index in [0.29, 0.717) is 6.61 Å². The highest BCUT2D eigenvalue weighted by Gasteiger charge is 2.13. The molecule has 1 unspecified atom stereocenters. The van der Waals surface area contributed by atoms with Crippen LogP contribution in [0.2, 0.25) is 0 Å². The molecule has 2 heteroatoms. The summed E-state index contributed by atoms with van der Waals surface area (Å²) in [7, 11) is 2.20. The predicted octanol–water partition coefficient (Wildman–Crippen LogP) is 1.49. The molecule has 1 N–H and O–H groups in total. The van der Waals surface area contributed by atoms with Crippen LogP contribution in [0.4, 0.5) is 0 Å². The summed E-state index contributed by atoms with van der Waals surface area (Å²) in [6.45, 7) is 2.87. The van der Waals surface area contributed by atoms with Gasteiger partial charge in [-0.15, -0.1) is 0 Å². The number of likely N-dealkylation sites (tertiary alicyclic amines) is 1. The molecule has 1 heterocycles. The monoisotopic (exact) mass is 171 g/mol. The van der Waals surface area contributed by atoms with Crippen molar-refractivity contribution in [3.05, 3.63) is 0 Å². The van der Waals surface area contributed by atoms with Crippen molar-refractivity contribution in [1.29, 1.82) is 0 Å². The van der Waals surface area contributed by atoms with Gasteiger partial charge in [-0.25, -0.2) is 0 Å². The van der Waals surface area contributed by atoms with E-state index in [0.717, 1.165) is 12.3 Å². The van der Waals surface area contributed by atoms with Gasteiger partial charge < -0.3 is 10.0 Å². The van der Waals surface area contributed by atoms with Gasteiger partial charge >= 0.3 is 0 Å². The fourth-order valence-corrected chi connectivity index (χ4v) is 1.98. The van der Waals surface area contributed by atoms with E-state index in [9.17, 15) is 0 Å². The lowest BCUT2D eigenvalue weighted by molar-refractivity contribution is 0.265. The number of aliphatic hydroxyl groups excluding tert-OH is 1. The molecule has 72 valence electrons. The molecule has 0 spiro atoms. The van der Waals surface area contributed by atoms with Crippen molar-refractivity contribution in [1.82, 2.24) is 4.90 Å². The van der Waals surface area contributed by atoms with Crippen LogP contribution in [0, 0.1) is 5.92 Å². The van der Waals surface area contributed by atoms with Gasteiger partial charge in [0.2, 0.25) is 0 Å². The van der Waals surface area contributed by atoms with E-state index in [4.69, 9.17) is 5.11 Å². The Kier molecular flexibility index (Phi) is 4.62. The standard InChI is InChI=1S/C10H21NO/c1-11-7-2-4-10(6-8-11)5-3-9-12/h10,12H,2-9H2,1H3. The van der Waals surface area contributed by atoms with Crippen LogP contribution in [0.5, 0.6) is 0 Å². The Morgan fingerprint density at radius 2 is 2.17 bits per heavy atom. The van der Waals surface area contributed by atoms with E-state index in [1.165, 1.54) is 38.8 Å². The normalized spacial score (nSPS) is 27.0. The Hall–Kier alpha value is -0.0800. The summed E-state index contributed by atoms with van der Waals surface area (Å²) in [6, 6.07) is 0. The van der Waals surface area contributed by atoms with Crippen molar-refractivity contribution in [3.8, 4) is 0 Å². The molecule has 0 radical (unpaired) electrons. The van der Waals surface area contributed by atoms with Crippen LogP contribution in [-0.2, 0) is 0 Å². The van der Waals surface area contributed by atoms with Crippen molar-refractivity contribution in [2.75, 3.05) is 26.7 Å². The van der Waals surface area contributed by atoms with Gasteiger partial charge in [0.1, 0.15) is 0 Å². The van der Waals surface area contributed by atoms with Crippen molar-refractivity contribution in [2.45, 2.75) is 32.1 Å². The zero-order valence-electron chi connectivity index (χ0n) is 8.13. The molecule has 1 saturated heterocycles. The molecule has 0 amide bonds. The molecule has 0 aliphatic carbocycles. The van der Waals surface area contributed by atoms with Crippen LogP contribution >= 0.6 is 0 Å². The maximum absolute atomic E-state index is 8.71. The molecule has 0 saturated carbocycles. The summed E-state index contributed by atoms with van der Waals surface area (Å²) in [5, 5.41) is 8.71. The van der Waals surface area contributed by atoms with Gasteiger partial charge in [-0.2, -0.15) is 0 Å². The number of aliphatic hydroxyl groups is 1. The highest BCUT2D eigenvalue weighted by atomic mass is 16.2. The summed E-state index contributed by atoms with van der Waals surface area (Å²) in [4.78, 5) is 2.42. The zero-order chi connectivity index (χ0) is 8.81. The maximum Gasteiger partial charge on any atom is 0.0431 e. The molecular formula is C10H21NO. The Balaban J connectivity index is 2.17. The van der Waals surface area contributed by atoms with Gasteiger partial charge in [0.15, 0.2) is 0 Å². The van der Waals surface area contributed by atoms with E-state index in [1.807, 2.05) is 0 Å². The largest absolute Gasteiger partial charge is 0.396 e. The van der Waals surface area contributed by atoms with E-state index in [2.05, 4.69) is 11.9 Å². The molecule has 0 aromatic rings. The minimum atomic E-state index is 0.367. The van der Waals surface area contributed by atoms with Crippen LogP contribution in [0.3, 0.4) is 0 Å². The van der Waals surface area contributed by atoms with E-state index in [-0.39, 0.29) is 0 Å². The first-order valence-corrected chi connectivity index (χ1v) is 5.12. The molecule has 12 heavy (non-hydrogen) atoms. The van der Waals surface area contributed by atoms with Crippen LogP contribution in [0.1, 0.15) is 32.1 Å². The number of rotatable bonds is 3. The minimum absolute atomic E-state index is 0.367. The Morgan fingerprint density at radius 1 is 1.33 bits per heavy atom. The molecule has 0 aromatic carbocycles. The minimum Gasteiger partial charge on any atom is -0.396 e. The Morgan fingerprint density at radius 3 is 2.92 bits per heavy atom. The SMILES string of the molecule is CN1CCCC(CCCO)CC1. The van der Waals surface area contributed by atoms with Gasteiger partial charge in [-0.3, -0.25) is 0 Å². The summed E-state index contributed by atoms with van der Waals surface area (Å²) >= 11 is 0. The number of nitrogens with zero attached hydrogens (tertiary/aromatic N) is 1. The quantitative estimate of drug-likeness (QED) is 0.695. The zero-order valence-corrected chi connectivity index (χ0v) is 8.13. The maximum atomic E-state index is 8.71. The predicted molar refractivity (Wildman–Crippen MR) is 51.2 cm³/mol. The van der Waals surface area contributed by atoms with Crippen LogP contribution in [0.15, 0.2) is 0 Å². The fourth-order valence-electron chi connectivity index (χ4n) is 1.98. The van der Waals surface area contributed by atoms with Gasteiger partial charge in [0, 0.05) is 6.61 Å². The Labute approximate surface area is 75.6 Å². The van der Waals surface area contributed by atoms with Gasteiger partial charge in [-0.1, -0.05) is 0 Å². The molecule has 1 fully saturated rings. The third kappa shape index (κ3) is 3.55. The summed E-state index contributed by atoms with van der Waals surface area (Å²) in [5.41, 5.74) is 0. The average Bonchev–Trinajstić information content (AvgIpc) is 2.27. The lowest BCUT2D eigenvalue weighted by atomic mass is 9.95. The van der Waals surface area contributed by atoms with E-state index >= 15 is 0 Å². The van der Waals surface area contributed by atoms with E-state index in [1.54, 1.807) is 0 Å². The Bertz CT molecular complexity index is 114. The van der Waals surface area contributed by atoms with Crippen molar-refractivity contribution in [2.24, 2.45) is 5.92 Å². The number of hydrogen-bond donors (Lipinski definition) is 1. The first kappa shape index (κ1) is 10.0. The van der Waals surface area contributed by atoms with Crippen LogP contribution < -0.4 is 0 Å². The van der Waals surface area contributed by atoms with Crippen LogP contribution in [-0.4, -0.2) is 36.8 Å². The van der Waals surface area contributed by atoms with Crippen molar-refractivity contribution >= 4 is 0 Å². The summed E-state index contributed by atoms with van der Waals surface area (Å²) in [6.07, 6.45) is 6.26. The summed E-state index contributed by atoms with van der Waals surface area (Å²) < 4.78 is 0. The van der Waals surface area contributed by atoms with Crippen LogP contribution in [0.25, 0.3) is 0 Å². The highest BCUT2D eigenvalue weighted by molar-refractivity contribution is 4.67. The molecule has 1 atom stereocenters. The van der Waals surface area contributed by atoms with Gasteiger partial charge in [-0.05, 0) is 58.2 Å². The molecule has 0 bridgehead atoms. The third-order valence-corrected chi connectivity index (χ3v) is 2.84. The molecule has 1 rings (SSSR count).